The minimum atomic E-state index is -4.10. The Hall–Kier alpha value is -1.49. The van der Waals surface area contributed by atoms with Crippen molar-refractivity contribution in [2.75, 3.05) is 26.3 Å². The predicted molar refractivity (Wildman–Crippen MR) is 105 cm³/mol. The molecule has 0 aromatic heterocycles. The van der Waals surface area contributed by atoms with E-state index in [1.54, 1.807) is 26.0 Å². The third-order valence-electron chi connectivity index (χ3n) is 4.30. The molecule has 10 nitrogen and oxygen atoms in total. The van der Waals surface area contributed by atoms with Crippen molar-refractivity contribution in [2.24, 2.45) is 0 Å². The standard InChI is InChI=1S/C17H27N2O8PS/c1-4-25-28(22,26-5-2)18-15-12-19(17(20)21)11-10-16(15)27-29(23,24)14-8-6-13(3)7-9-14/h6-9,15-16H,4-5,10-12H2,1-3H3,(H,18,22)(H,20,21). The Morgan fingerprint density at radius 3 is 2.34 bits per heavy atom. The van der Waals surface area contributed by atoms with Crippen LogP contribution in [0.1, 0.15) is 25.8 Å². The molecule has 2 N–H and O–H groups in total. The van der Waals surface area contributed by atoms with Crippen LogP contribution in [0.5, 0.6) is 0 Å². The number of benzene rings is 1. The van der Waals surface area contributed by atoms with Gasteiger partial charge in [0.25, 0.3) is 10.1 Å². The first-order valence-corrected chi connectivity index (χ1v) is 12.2. The topological polar surface area (TPSA) is 131 Å². The molecule has 0 bridgehead atoms. The highest BCUT2D eigenvalue weighted by atomic mass is 32.2. The molecule has 0 aliphatic carbocycles. The van der Waals surface area contributed by atoms with Gasteiger partial charge in [0, 0.05) is 13.1 Å². The van der Waals surface area contributed by atoms with Crippen molar-refractivity contribution < 1.29 is 36.1 Å². The molecule has 0 radical (unpaired) electrons. The number of nitrogens with zero attached hydrogens (tertiary/aromatic N) is 1. The fourth-order valence-corrected chi connectivity index (χ4v) is 5.62. The number of nitrogens with one attached hydrogen (secondary N) is 1. The monoisotopic (exact) mass is 450 g/mol. The Kier molecular flexibility index (Phi) is 8.21. The van der Waals surface area contributed by atoms with Gasteiger partial charge < -0.3 is 10.0 Å². The fourth-order valence-electron chi connectivity index (χ4n) is 2.92. The third-order valence-corrected chi connectivity index (χ3v) is 7.50. The maximum atomic E-state index is 12.9. The molecule has 0 saturated carbocycles. The molecule has 29 heavy (non-hydrogen) atoms. The first-order chi connectivity index (χ1) is 13.6. The summed E-state index contributed by atoms with van der Waals surface area (Å²) in [6.07, 6.45) is -2.03. The number of carboxylic acid groups (broad SMARTS) is 1. The summed E-state index contributed by atoms with van der Waals surface area (Å²) in [5, 5.41) is 12.0. The van der Waals surface area contributed by atoms with Crippen LogP contribution in [0.2, 0.25) is 0 Å². The molecule has 1 amide bonds. The van der Waals surface area contributed by atoms with E-state index < -0.39 is 36.1 Å². The van der Waals surface area contributed by atoms with E-state index in [1.165, 1.54) is 12.1 Å². The average Bonchev–Trinajstić information content (AvgIpc) is 2.63. The summed E-state index contributed by atoms with van der Waals surface area (Å²) in [7, 11) is -7.88. The maximum Gasteiger partial charge on any atom is 0.407 e. The minimum Gasteiger partial charge on any atom is -0.465 e. The van der Waals surface area contributed by atoms with Gasteiger partial charge in [-0.15, -0.1) is 0 Å². The fraction of sp³-hybridized carbons (Fsp3) is 0.588. The van der Waals surface area contributed by atoms with E-state index in [0.717, 1.165) is 10.5 Å². The summed E-state index contributed by atoms with van der Waals surface area (Å²) in [6, 6.07) is 5.26. The molecule has 164 valence electrons. The zero-order valence-corrected chi connectivity index (χ0v) is 18.3. The largest absolute Gasteiger partial charge is 0.465 e. The molecular weight excluding hydrogens is 423 g/mol. The predicted octanol–water partition coefficient (Wildman–Crippen LogP) is 2.59. The Labute approximate surface area is 170 Å². The maximum absolute atomic E-state index is 12.9. The molecule has 2 atom stereocenters. The normalized spacial score (nSPS) is 20.6. The zero-order chi connectivity index (χ0) is 21.7. The smallest absolute Gasteiger partial charge is 0.407 e. The molecule has 1 aromatic rings. The van der Waals surface area contributed by atoms with E-state index in [-0.39, 0.29) is 37.6 Å². The Bertz CT molecular complexity index is 835. The van der Waals surface area contributed by atoms with Gasteiger partial charge in [0.1, 0.15) is 0 Å². The Morgan fingerprint density at radius 2 is 1.83 bits per heavy atom. The number of amides is 1. The summed E-state index contributed by atoms with van der Waals surface area (Å²) < 4.78 is 54.0. The Morgan fingerprint density at radius 1 is 1.24 bits per heavy atom. The summed E-state index contributed by atoms with van der Waals surface area (Å²) >= 11 is 0. The number of hydrogen-bond acceptors (Lipinski definition) is 7. The van der Waals surface area contributed by atoms with Gasteiger partial charge in [-0.3, -0.25) is 13.2 Å². The summed E-state index contributed by atoms with van der Waals surface area (Å²) in [5.41, 5.74) is 0.896. The number of rotatable bonds is 9. The van der Waals surface area contributed by atoms with E-state index in [2.05, 4.69) is 5.09 Å². The number of hydrogen-bond donors (Lipinski definition) is 2. The van der Waals surface area contributed by atoms with Gasteiger partial charge >= 0.3 is 13.8 Å². The second kappa shape index (κ2) is 10.0. The first kappa shape index (κ1) is 23.8. The molecule has 12 heteroatoms. The van der Waals surface area contributed by atoms with Gasteiger partial charge in [0.2, 0.25) is 0 Å². The van der Waals surface area contributed by atoms with Crippen LogP contribution in [-0.2, 0) is 27.9 Å². The molecule has 1 aliphatic rings. The van der Waals surface area contributed by atoms with Gasteiger partial charge in [0.15, 0.2) is 0 Å². The molecule has 0 spiro atoms. The van der Waals surface area contributed by atoms with Crippen LogP contribution in [0, 0.1) is 6.92 Å². The average molecular weight is 450 g/mol. The number of aryl methyl sites for hydroxylation is 1. The van der Waals surface area contributed by atoms with Crippen LogP contribution in [0.25, 0.3) is 0 Å². The van der Waals surface area contributed by atoms with Crippen LogP contribution in [-0.4, -0.2) is 63.0 Å². The van der Waals surface area contributed by atoms with Gasteiger partial charge in [-0.25, -0.2) is 14.4 Å². The van der Waals surface area contributed by atoms with Crippen molar-refractivity contribution in [2.45, 2.75) is 44.2 Å². The van der Waals surface area contributed by atoms with Crippen LogP contribution >= 0.6 is 7.75 Å². The van der Waals surface area contributed by atoms with Crippen molar-refractivity contribution in [3.8, 4) is 0 Å². The van der Waals surface area contributed by atoms with E-state index >= 15 is 0 Å². The van der Waals surface area contributed by atoms with Crippen molar-refractivity contribution in [1.29, 1.82) is 0 Å². The van der Waals surface area contributed by atoms with E-state index in [0.29, 0.717) is 0 Å². The van der Waals surface area contributed by atoms with Crippen LogP contribution < -0.4 is 5.09 Å². The number of piperidine rings is 1. The lowest BCUT2D eigenvalue weighted by Gasteiger charge is -2.38. The highest BCUT2D eigenvalue weighted by molar-refractivity contribution is 7.86. The quantitative estimate of drug-likeness (QED) is 0.430. The van der Waals surface area contributed by atoms with E-state index in [1.807, 2.05) is 6.92 Å². The molecule has 1 fully saturated rings. The van der Waals surface area contributed by atoms with Crippen molar-refractivity contribution in [3.63, 3.8) is 0 Å². The number of likely N-dealkylation sites (tertiary alicyclic amines) is 1. The van der Waals surface area contributed by atoms with Crippen molar-refractivity contribution in [3.05, 3.63) is 29.8 Å². The summed E-state index contributed by atoms with van der Waals surface area (Å²) in [4.78, 5) is 12.5. The lowest BCUT2D eigenvalue weighted by molar-refractivity contribution is 0.0676. The minimum absolute atomic E-state index is 0.0136. The highest BCUT2D eigenvalue weighted by Crippen LogP contribution is 2.45. The molecule has 2 unspecified atom stereocenters. The highest BCUT2D eigenvalue weighted by Gasteiger charge is 2.40. The second-order valence-electron chi connectivity index (χ2n) is 6.49. The first-order valence-electron chi connectivity index (χ1n) is 9.25. The van der Waals surface area contributed by atoms with E-state index in [9.17, 15) is 22.9 Å². The molecule has 1 saturated heterocycles. The molecular formula is C17H27N2O8PS. The molecule has 1 heterocycles. The number of carbonyl (C=O) groups is 1. The van der Waals surface area contributed by atoms with Gasteiger partial charge in [-0.1, -0.05) is 17.7 Å². The van der Waals surface area contributed by atoms with Gasteiger partial charge in [-0.05, 0) is 39.3 Å². The lowest BCUT2D eigenvalue weighted by atomic mass is 10.0. The van der Waals surface area contributed by atoms with Gasteiger partial charge in [-0.2, -0.15) is 8.42 Å². The van der Waals surface area contributed by atoms with Gasteiger partial charge in [0.05, 0.1) is 30.3 Å². The van der Waals surface area contributed by atoms with Crippen molar-refractivity contribution >= 4 is 24.0 Å². The van der Waals surface area contributed by atoms with E-state index in [4.69, 9.17) is 13.2 Å². The lowest BCUT2D eigenvalue weighted by Crippen LogP contribution is -2.55. The summed E-state index contributed by atoms with van der Waals surface area (Å²) in [6.45, 7) is 5.22. The van der Waals surface area contributed by atoms with Crippen LogP contribution in [0.15, 0.2) is 29.2 Å². The SMILES string of the molecule is CCOP(=O)(NC1CN(C(=O)O)CCC1OS(=O)(=O)c1ccc(C)cc1)OCC. The molecule has 2 rings (SSSR count). The van der Waals surface area contributed by atoms with Crippen LogP contribution in [0.4, 0.5) is 4.79 Å². The summed E-state index contributed by atoms with van der Waals surface area (Å²) in [5.74, 6) is 0. The molecule has 1 aromatic carbocycles. The Balaban J connectivity index is 2.25. The molecule has 1 aliphatic heterocycles. The second-order valence-corrected chi connectivity index (χ2v) is 9.83. The van der Waals surface area contributed by atoms with Crippen LogP contribution in [0.3, 0.4) is 0 Å². The van der Waals surface area contributed by atoms with Crippen molar-refractivity contribution in [1.82, 2.24) is 9.99 Å². The zero-order valence-electron chi connectivity index (χ0n) is 16.6. The third kappa shape index (κ3) is 6.50.